The van der Waals surface area contributed by atoms with E-state index in [1.165, 1.54) is 82.6 Å². The van der Waals surface area contributed by atoms with Gasteiger partial charge in [0.15, 0.2) is 0 Å². The van der Waals surface area contributed by atoms with E-state index in [1.807, 2.05) is 12.1 Å². The molecule has 0 radical (unpaired) electrons. The number of rotatable bonds is 13. The minimum absolute atomic E-state index is 0.629. The Bertz CT molecular complexity index is 718. The Morgan fingerprint density at radius 1 is 0.742 bits per heavy atom. The van der Waals surface area contributed by atoms with Gasteiger partial charge in [0.1, 0.15) is 0 Å². The van der Waals surface area contributed by atoms with Crippen LogP contribution < -0.4 is 4.74 Å². The van der Waals surface area contributed by atoms with Gasteiger partial charge in [-0.1, -0.05) is 102 Å². The molecule has 0 aliphatic heterocycles. The van der Waals surface area contributed by atoms with Crippen molar-refractivity contribution in [3.63, 3.8) is 0 Å². The van der Waals surface area contributed by atoms with Gasteiger partial charge in [-0.3, -0.25) is 0 Å². The van der Waals surface area contributed by atoms with Crippen LogP contribution in [0.2, 0.25) is 0 Å². The Labute approximate surface area is 190 Å². The number of nitrogens with zero attached hydrogens (tertiary/aromatic N) is 2. The molecule has 1 heterocycles. The molecule has 31 heavy (non-hydrogen) atoms. The van der Waals surface area contributed by atoms with E-state index in [2.05, 4.69) is 48.3 Å². The maximum Gasteiger partial charge on any atom is 0.233 e. The van der Waals surface area contributed by atoms with Crippen LogP contribution in [0.1, 0.15) is 96.5 Å². The standard InChI is InChI=1S/C28H42N2O/c1-3-5-6-7-8-22-31-28-21-20-27(29-30-28)26-18-16-25(17-19-26)15-14-24-12-10-23(9-4-2)11-13-24/h16-21,23-24H,3-15,22H2,1-2H3. The van der Waals surface area contributed by atoms with Gasteiger partial charge in [-0.05, 0) is 42.7 Å². The van der Waals surface area contributed by atoms with Crippen molar-refractivity contribution in [2.75, 3.05) is 6.61 Å². The summed E-state index contributed by atoms with van der Waals surface area (Å²) >= 11 is 0. The number of hydrogen-bond donors (Lipinski definition) is 0. The minimum Gasteiger partial charge on any atom is -0.477 e. The van der Waals surface area contributed by atoms with Crippen molar-refractivity contribution in [3.05, 3.63) is 42.0 Å². The summed E-state index contributed by atoms with van der Waals surface area (Å²) in [5.74, 6) is 2.56. The van der Waals surface area contributed by atoms with Crippen LogP contribution in [0, 0.1) is 11.8 Å². The second-order valence-corrected chi connectivity index (χ2v) is 9.43. The highest BCUT2D eigenvalue weighted by Gasteiger charge is 2.20. The average Bonchev–Trinajstić information content (AvgIpc) is 2.82. The fourth-order valence-electron chi connectivity index (χ4n) is 4.86. The zero-order valence-electron chi connectivity index (χ0n) is 19.8. The van der Waals surface area contributed by atoms with Crippen molar-refractivity contribution >= 4 is 0 Å². The number of benzene rings is 1. The van der Waals surface area contributed by atoms with E-state index in [1.54, 1.807) is 0 Å². The van der Waals surface area contributed by atoms with E-state index in [0.29, 0.717) is 5.88 Å². The Balaban J connectivity index is 1.39. The molecule has 3 heteroatoms. The van der Waals surface area contributed by atoms with Gasteiger partial charge in [-0.15, -0.1) is 10.2 Å². The molecule has 1 saturated carbocycles. The third-order valence-electron chi connectivity index (χ3n) is 6.89. The first-order valence-electron chi connectivity index (χ1n) is 12.8. The van der Waals surface area contributed by atoms with Gasteiger partial charge in [-0.2, -0.15) is 0 Å². The maximum absolute atomic E-state index is 5.73. The normalized spacial score (nSPS) is 18.8. The van der Waals surface area contributed by atoms with E-state index in [0.717, 1.165) is 36.1 Å². The van der Waals surface area contributed by atoms with Gasteiger partial charge in [0.2, 0.25) is 5.88 Å². The van der Waals surface area contributed by atoms with E-state index in [-0.39, 0.29) is 0 Å². The van der Waals surface area contributed by atoms with E-state index >= 15 is 0 Å². The van der Waals surface area contributed by atoms with Crippen molar-refractivity contribution in [2.24, 2.45) is 11.8 Å². The molecule has 0 atom stereocenters. The molecule has 1 fully saturated rings. The summed E-state index contributed by atoms with van der Waals surface area (Å²) in [5, 5.41) is 8.63. The fourth-order valence-corrected chi connectivity index (χ4v) is 4.86. The lowest BCUT2D eigenvalue weighted by molar-refractivity contribution is 0.252. The number of ether oxygens (including phenoxy) is 1. The third-order valence-corrected chi connectivity index (χ3v) is 6.89. The van der Waals surface area contributed by atoms with Crippen LogP contribution in [0.3, 0.4) is 0 Å². The molecule has 0 bridgehead atoms. The first-order chi connectivity index (χ1) is 15.3. The SMILES string of the molecule is CCCCCCCOc1ccc(-c2ccc(CCC3CCC(CCC)CC3)cc2)nn1. The summed E-state index contributed by atoms with van der Waals surface area (Å²) in [5.41, 5.74) is 3.48. The molecule has 170 valence electrons. The van der Waals surface area contributed by atoms with E-state index in [4.69, 9.17) is 4.74 Å². The minimum atomic E-state index is 0.629. The predicted octanol–water partition coefficient (Wildman–Crippen LogP) is 8.03. The number of aryl methyl sites for hydroxylation is 1. The molecule has 1 aromatic heterocycles. The topological polar surface area (TPSA) is 35.0 Å². The van der Waals surface area contributed by atoms with Crippen LogP contribution in [0.4, 0.5) is 0 Å². The highest BCUT2D eigenvalue weighted by Crippen LogP contribution is 2.34. The predicted molar refractivity (Wildman–Crippen MR) is 130 cm³/mol. The number of hydrogen-bond acceptors (Lipinski definition) is 3. The molecule has 1 aromatic carbocycles. The van der Waals surface area contributed by atoms with Crippen molar-refractivity contribution in [3.8, 4) is 17.1 Å². The van der Waals surface area contributed by atoms with Crippen molar-refractivity contribution in [2.45, 2.75) is 97.3 Å². The molecule has 2 aromatic rings. The monoisotopic (exact) mass is 422 g/mol. The number of unbranched alkanes of at least 4 members (excludes halogenated alkanes) is 4. The molecule has 0 saturated heterocycles. The maximum atomic E-state index is 5.73. The Morgan fingerprint density at radius 2 is 1.45 bits per heavy atom. The molecular formula is C28H42N2O. The van der Waals surface area contributed by atoms with Gasteiger partial charge >= 0.3 is 0 Å². The lowest BCUT2D eigenvalue weighted by atomic mass is 9.78. The second kappa shape index (κ2) is 13.5. The molecule has 0 unspecified atom stereocenters. The van der Waals surface area contributed by atoms with Crippen LogP contribution in [-0.2, 0) is 6.42 Å². The largest absolute Gasteiger partial charge is 0.477 e. The van der Waals surface area contributed by atoms with Crippen LogP contribution in [0.25, 0.3) is 11.3 Å². The molecule has 3 nitrogen and oxygen atoms in total. The first-order valence-corrected chi connectivity index (χ1v) is 12.8. The van der Waals surface area contributed by atoms with Crippen LogP contribution in [0.5, 0.6) is 5.88 Å². The van der Waals surface area contributed by atoms with Gasteiger partial charge in [0.25, 0.3) is 0 Å². The van der Waals surface area contributed by atoms with Crippen molar-refractivity contribution < 1.29 is 4.74 Å². The zero-order chi connectivity index (χ0) is 21.7. The molecule has 1 aliphatic carbocycles. The third kappa shape index (κ3) is 8.27. The summed E-state index contributed by atoms with van der Waals surface area (Å²) < 4.78 is 5.73. The molecule has 0 N–H and O–H groups in total. The van der Waals surface area contributed by atoms with Gasteiger partial charge in [-0.25, -0.2) is 0 Å². The summed E-state index contributed by atoms with van der Waals surface area (Å²) in [7, 11) is 0. The lowest BCUT2D eigenvalue weighted by Gasteiger charge is -2.28. The van der Waals surface area contributed by atoms with Gasteiger partial charge in [0.05, 0.1) is 12.3 Å². The Morgan fingerprint density at radius 3 is 2.10 bits per heavy atom. The summed E-state index contributed by atoms with van der Waals surface area (Å²) in [4.78, 5) is 0. The first kappa shape index (κ1) is 23.8. The number of aromatic nitrogens is 2. The average molecular weight is 423 g/mol. The highest BCUT2D eigenvalue weighted by molar-refractivity contribution is 5.59. The quantitative estimate of drug-likeness (QED) is 0.306. The summed E-state index contributed by atoms with van der Waals surface area (Å²) in [6, 6.07) is 12.9. The Kier molecular flexibility index (Phi) is 10.3. The van der Waals surface area contributed by atoms with Crippen molar-refractivity contribution in [1.82, 2.24) is 10.2 Å². The van der Waals surface area contributed by atoms with Crippen LogP contribution >= 0.6 is 0 Å². The smallest absolute Gasteiger partial charge is 0.233 e. The zero-order valence-corrected chi connectivity index (χ0v) is 19.8. The Hall–Kier alpha value is -1.90. The molecule has 0 spiro atoms. The summed E-state index contributed by atoms with van der Waals surface area (Å²) in [6.45, 7) is 5.29. The van der Waals surface area contributed by atoms with E-state index in [9.17, 15) is 0 Å². The van der Waals surface area contributed by atoms with E-state index < -0.39 is 0 Å². The lowest BCUT2D eigenvalue weighted by Crippen LogP contribution is -2.15. The van der Waals surface area contributed by atoms with Crippen LogP contribution in [-0.4, -0.2) is 16.8 Å². The van der Waals surface area contributed by atoms with Crippen LogP contribution in [0.15, 0.2) is 36.4 Å². The molecule has 3 rings (SSSR count). The summed E-state index contributed by atoms with van der Waals surface area (Å²) in [6.07, 6.45) is 17.3. The molecular weight excluding hydrogens is 380 g/mol. The second-order valence-electron chi connectivity index (χ2n) is 9.43. The van der Waals surface area contributed by atoms with Gasteiger partial charge in [0, 0.05) is 11.6 Å². The molecule has 1 aliphatic rings. The van der Waals surface area contributed by atoms with Gasteiger partial charge < -0.3 is 4.74 Å². The van der Waals surface area contributed by atoms with Crippen molar-refractivity contribution in [1.29, 1.82) is 0 Å². The fraction of sp³-hybridized carbons (Fsp3) is 0.643. The highest BCUT2D eigenvalue weighted by atomic mass is 16.5. The molecule has 0 amide bonds.